The zero-order chi connectivity index (χ0) is 8.43. The van der Waals surface area contributed by atoms with Crippen LogP contribution in [0.5, 0.6) is 0 Å². The minimum Gasteiger partial charge on any atom is -0.0955 e. The van der Waals surface area contributed by atoms with Crippen molar-refractivity contribution in [2.24, 2.45) is 0 Å². The lowest BCUT2D eigenvalue weighted by Gasteiger charge is -2.04. The van der Waals surface area contributed by atoms with Gasteiger partial charge >= 0.3 is 0 Å². The molecule has 0 saturated carbocycles. The Bertz CT molecular complexity index is 287. The van der Waals surface area contributed by atoms with Crippen LogP contribution >= 0.6 is 15.9 Å². The molecule has 0 N–H and O–H groups in total. The van der Waals surface area contributed by atoms with Crippen LogP contribution in [-0.4, -0.2) is 0 Å². The smallest absolute Gasteiger partial charge is 0.0181 e. The van der Waals surface area contributed by atoms with Gasteiger partial charge < -0.3 is 0 Å². The van der Waals surface area contributed by atoms with Crippen LogP contribution in [0.4, 0.5) is 0 Å². The maximum absolute atomic E-state index is 3.90. The predicted octanol–water partition coefficient (Wildman–Crippen LogP) is 3.66. The molecule has 0 amide bonds. The Balaban J connectivity index is 3.23. The molecular weight excluding hydrogens is 200 g/mol. The third-order valence-corrected chi connectivity index (χ3v) is 2.02. The maximum atomic E-state index is 3.90. The van der Waals surface area contributed by atoms with Gasteiger partial charge in [0.2, 0.25) is 0 Å². The van der Waals surface area contributed by atoms with Gasteiger partial charge in [-0.2, -0.15) is 0 Å². The molecule has 0 aliphatic heterocycles. The topological polar surface area (TPSA) is 0 Å². The van der Waals surface area contributed by atoms with Gasteiger partial charge in [-0.15, -0.1) is 0 Å². The highest BCUT2D eigenvalue weighted by Crippen LogP contribution is 2.21. The molecule has 1 rings (SSSR count). The molecule has 0 atom stereocenters. The predicted molar refractivity (Wildman–Crippen MR) is 53.3 cm³/mol. The van der Waals surface area contributed by atoms with E-state index < -0.39 is 0 Å². The van der Waals surface area contributed by atoms with Crippen LogP contribution in [0.15, 0.2) is 29.3 Å². The zero-order valence-corrected chi connectivity index (χ0v) is 8.11. The van der Waals surface area contributed by atoms with Crippen LogP contribution in [-0.2, 0) is 0 Å². The molecule has 1 radical (unpaired) electrons. The van der Waals surface area contributed by atoms with Crippen molar-refractivity contribution in [1.82, 2.24) is 0 Å². The molecular formula is C10H10Br. The fourth-order valence-electron chi connectivity index (χ4n) is 0.946. The summed E-state index contributed by atoms with van der Waals surface area (Å²) >= 11 is 3.40. The van der Waals surface area contributed by atoms with E-state index in [2.05, 4.69) is 29.4 Å². The van der Waals surface area contributed by atoms with E-state index in [4.69, 9.17) is 0 Å². The van der Waals surface area contributed by atoms with E-state index >= 15 is 0 Å². The van der Waals surface area contributed by atoms with Crippen LogP contribution in [0.3, 0.4) is 0 Å². The van der Waals surface area contributed by atoms with E-state index in [-0.39, 0.29) is 0 Å². The van der Waals surface area contributed by atoms with Crippen molar-refractivity contribution < 1.29 is 0 Å². The lowest BCUT2D eigenvalue weighted by Crippen LogP contribution is -1.83. The lowest BCUT2D eigenvalue weighted by atomic mass is 10.0. The average Bonchev–Trinajstić information content (AvgIpc) is 1.94. The Morgan fingerprint density at radius 3 is 2.55 bits per heavy atom. The maximum Gasteiger partial charge on any atom is 0.0181 e. The second kappa shape index (κ2) is 3.22. The van der Waals surface area contributed by atoms with Gasteiger partial charge in [0.25, 0.3) is 0 Å². The molecule has 1 aromatic rings. The number of allylic oxidation sites excluding steroid dienone is 1. The Hall–Kier alpha value is -0.560. The van der Waals surface area contributed by atoms with Crippen molar-refractivity contribution in [3.8, 4) is 0 Å². The summed E-state index contributed by atoms with van der Waals surface area (Å²) < 4.78 is 1.07. The third-order valence-electron chi connectivity index (χ3n) is 1.53. The summed E-state index contributed by atoms with van der Waals surface area (Å²) in [5.74, 6) is 0. The molecule has 0 heterocycles. The third kappa shape index (κ3) is 1.93. The molecule has 0 spiro atoms. The molecule has 0 aliphatic carbocycles. The highest BCUT2D eigenvalue weighted by Gasteiger charge is 1.98. The van der Waals surface area contributed by atoms with Crippen LogP contribution in [0, 0.1) is 6.92 Å². The molecule has 11 heavy (non-hydrogen) atoms. The quantitative estimate of drug-likeness (QED) is 0.663. The normalized spacial score (nSPS) is 9.73. The van der Waals surface area contributed by atoms with Crippen molar-refractivity contribution in [1.29, 1.82) is 0 Å². The molecule has 0 aromatic heterocycles. The van der Waals surface area contributed by atoms with Gasteiger partial charge in [0, 0.05) is 4.47 Å². The van der Waals surface area contributed by atoms with Crippen LogP contribution in [0.25, 0.3) is 5.57 Å². The number of hydrogen-bond acceptors (Lipinski definition) is 0. The molecule has 0 nitrogen and oxygen atoms in total. The summed E-state index contributed by atoms with van der Waals surface area (Å²) in [6.45, 7) is 9.75. The Kier molecular flexibility index (Phi) is 2.50. The highest BCUT2D eigenvalue weighted by atomic mass is 79.9. The number of hydrogen-bond donors (Lipinski definition) is 0. The summed E-state index contributed by atoms with van der Waals surface area (Å²) in [4.78, 5) is 0. The van der Waals surface area contributed by atoms with E-state index in [1.165, 1.54) is 0 Å². The Labute approximate surface area is 76.1 Å². The fourth-order valence-corrected chi connectivity index (χ4v) is 1.31. The molecule has 0 bridgehead atoms. The zero-order valence-electron chi connectivity index (χ0n) is 6.52. The summed E-state index contributed by atoms with van der Waals surface area (Å²) in [6, 6.07) is 5.99. The van der Waals surface area contributed by atoms with Crippen molar-refractivity contribution in [2.45, 2.75) is 6.92 Å². The molecule has 0 saturated heterocycles. The SMILES string of the molecule is [CH2]c1ccc(Br)cc1C(=C)C. The minimum atomic E-state index is 1.03. The van der Waals surface area contributed by atoms with Crippen molar-refractivity contribution in [2.75, 3.05) is 0 Å². The summed E-state index contributed by atoms with van der Waals surface area (Å²) in [7, 11) is 0. The van der Waals surface area contributed by atoms with Gasteiger partial charge in [-0.3, -0.25) is 0 Å². The van der Waals surface area contributed by atoms with Gasteiger partial charge in [-0.05, 0) is 37.1 Å². The van der Waals surface area contributed by atoms with Gasteiger partial charge in [-0.1, -0.05) is 34.1 Å². The van der Waals surface area contributed by atoms with Crippen molar-refractivity contribution in [3.05, 3.63) is 47.3 Å². The van der Waals surface area contributed by atoms with Gasteiger partial charge in [-0.25, -0.2) is 0 Å². The molecule has 1 heteroatoms. The Morgan fingerprint density at radius 2 is 2.09 bits per heavy atom. The largest absolute Gasteiger partial charge is 0.0955 e. The van der Waals surface area contributed by atoms with E-state index in [0.717, 1.165) is 21.2 Å². The van der Waals surface area contributed by atoms with E-state index in [1.807, 2.05) is 25.1 Å². The second-order valence-electron chi connectivity index (χ2n) is 2.58. The van der Waals surface area contributed by atoms with Crippen LogP contribution in [0.2, 0.25) is 0 Å². The van der Waals surface area contributed by atoms with E-state index in [9.17, 15) is 0 Å². The molecule has 1 aromatic carbocycles. The Morgan fingerprint density at radius 1 is 1.45 bits per heavy atom. The van der Waals surface area contributed by atoms with Gasteiger partial charge in [0.05, 0.1) is 0 Å². The molecule has 57 valence electrons. The summed E-state index contributed by atoms with van der Waals surface area (Å²) in [5.41, 5.74) is 3.20. The first kappa shape index (κ1) is 8.54. The highest BCUT2D eigenvalue weighted by molar-refractivity contribution is 9.10. The molecule has 0 aliphatic rings. The standard InChI is InChI=1S/C10H10Br/c1-7(2)10-6-9(11)5-4-8(10)3/h4-6H,1,3H2,2H3. The van der Waals surface area contributed by atoms with Crippen molar-refractivity contribution >= 4 is 21.5 Å². The lowest BCUT2D eigenvalue weighted by molar-refractivity contribution is 1.49. The number of rotatable bonds is 1. The first-order chi connectivity index (χ1) is 5.11. The first-order valence-electron chi connectivity index (χ1n) is 3.38. The van der Waals surface area contributed by atoms with Crippen LogP contribution < -0.4 is 0 Å². The second-order valence-corrected chi connectivity index (χ2v) is 3.50. The van der Waals surface area contributed by atoms with Crippen molar-refractivity contribution in [3.63, 3.8) is 0 Å². The number of benzene rings is 1. The molecule has 0 unspecified atom stereocenters. The summed E-state index contributed by atoms with van der Waals surface area (Å²) in [5, 5.41) is 0. The monoisotopic (exact) mass is 209 g/mol. The first-order valence-corrected chi connectivity index (χ1v) is 4.18. The molecule has 0 fully saturated rings. The van der Waals surface area contributed by atoms with E-state index in [0.29, 0.717) is 0 Å². The van der Waals surface area contributed by atoms with E-state index in [1.54, 1.807) is 0 Å². The minimum absolute atomic E-state index is 1.03. The van der Waals surface area contributed by atoms with Gasteiger partial charge in [0.1, 0.15) is 0 Å². The number of halogens is 1. The fraction of sp³-hybridized carbons (Fsp3) is 0.100. The average molecular weight is 210 g/mol. The van der Waals surface area contributed by atoms with Gasteiger partial charge in [0.15, 0.2) is 0 Å². The van der Waals surface area contributed by atoms with Crippen LogP contribution in [0.1, 0.15) is 18.1 Å². The summed E-state index contributed by atoms with van der Waals surface area (Å²) in [6.07, 6.45) is 0.